The zero-order valence-corrected chi connectivity index (χ0v) is 8.98. The van der Waals surface area contributed by atoms with Crippen LogP contribution in [0.1, 0.15) is 6.42 Å². The lowest BCUT2D eigenvalue weighted by Gasteiger charge is -2.24. The normalized spacial score (nSPS) is 15.9. The summed E-state index contributed by atoms with van der Waals surface area (Å²) in [6.07, 6.45) is 7.50. The number of nitrogens with one attached hydrogen (secondary N) is 1. The van der Waals surface area contributed by atoms with E-state index in [1.165, 1.54) is 5.69 Å². The fourth-order valence-electron chi connectivity index (χ4n) is 2.22. The van der Waals surface area contributed by atoms with Crippen molar-refractivity contribution in [2.45, 2.75) is 6.42 Å². The number of aromatic amines is 1. The average molecular weight is 214 g/mol. The van der Waals surface area contributed by atoms with E-state index in [-0.39, 0.29) is 0 Å². The first kappa shape index (κ1) is 9.33. The summed E-state index contributed by atoms with van der Waals surface area (Å²) in [7, 11) is 0. The molecule has 3 rings (SSSR count). The molecule has 0 saturated heterocycles. The summed E-state index contributed by atoms with van der Waals surface area (Å²) >= 11 is 0. The molecule has 1 aliphatic heterocycles. The van der Waals surface area contributed by atoms with Crippen molar-refractivity contribution in [1.29, 1.82) is 0 Å². The Morgan fingerprint density at radius 2 is 2.19 bits per heavy atom. The highest BCUT2D eigenvalue weighted by atomic mass is 16.3. The van der Waals surface area contributed by atoms with Gasteiger partial charge in [0, 0.05) is 30.2 Å². The molecule has 1 aromatic carbocycles. The maximum Gasteiger partial charge on any atom is 0.116 e. The number of aromatic nitrogens is 1. The third kappa shape index (κ3) is 1.45. The monoisotopic (exact) mass is 214 g/mol. The average Bonchev–Trinajstić information content (AvgIpc) is 2.73. The van der Waals surface area contributed by atoms with Gasteiger partial charge in [-0.2, -0.15) is 0 Å². The van der Waals surface area contributed by atoms with E-state index in [9.17, 15) is 5.11 Å². The Kier molecular flexibility index (Phi) is 2.10. The van der Waals surface area contributed by atoms with Crippen LogP contribution in [0.3, 0.4) is 0 Å². The minimum absolute atomic E-state index is 0.320. The van der Waals surface area contributed by atoms with Crippen molar-refractivity contribution in [3.05, 3.63) is 36.5 Å². The summed E-state index contributed by atoms with van der Waals surface area (Å²) in [6, 6.07) is 5.44. The minimum Gasteiger partial charge on any atom is -0.508 e. The molecule has 2 N–H and O–H groups in total. The molecule has 0 bridgehead atoms. The predicted molar refractivity (Wildman–Crippen MR) is 65.9 cm³/mol. The quantitative estimate of drug-likeness (QED) is 0.716. The van der Waals surface area contributed by atoms with Crippen LogP contribution in [0.2, 0.25) is 0 Å². The standard InChI is InChI=1S/C13H14N2O/c16-10-4-5-12-11(8-10)13(9-14-12)15-6-2-1-3-7-15/h1-2,4-5,8-9,14,16H,3,6-7H2. The van der Waals surface area contributed by atoms with Crippen molar-refractivity contribution in [3.8, 4) is 5.75 Å². The van der Waals surface area contributed by atoms with Gasteiger partial charge in [0.25, 0.3) is 0 Å². The highest BCUT2D eigenvalue weighted by Gasteiger charge is 2.12. The summed E-state index contributed by atoms with van der Waals surface area (Å²) in [5, 5.41) is 10.6. The van der Waals surface area contributed by atoms with Crippen LogP contribution in [0, 0.1) is 0 Å². The fraction of sp³-hybridized carbons (Fsp3) is 0.231. The summed E-state index contributed by atoms with van der Waals surface area (Å²) in [4.78, 5) is 5.55. The maximum absolute atomic E-state index is 9.53. The number of H-pyrrole nitrogens is 1. The molecule has 0 atom stereocenters. The lowest BCUT2D eigenvalue weighted by Crippen LogP contribution is -2.26. The van der Waals surface area contributed by atoms with E-state index in [0.717, 1.165) is 30.4 Å². The third-order valence-corrected chi connectivity index (χ3v) is 3.04. The molecule has 0 saturated carbocycles. The number of fused-ring (bicyclic) bond motifs is 1. The Bertz CT molecular complexity index is 542. The Labute approximate surface area is 94.0 Å². The van der Waals surface area contributed by atoms with Gasteiger partial charge in [-0.25, -0.2) is 0 Å². The first-order valence-electron chi connectivity index (χ1n) is 5.54. The number of benzene rings is 1. The Morgan fingerprint density at radius 3 is 3.00 bits per heavy atom. The Balaban J connectivity index is 2.09. The van der Waals surface area contributed by atoms with Gasteiger partial charge in [-0.1, -0.05) is 12.2 Å². The van der Waals surface area contributed by atoms with Crippen molar-refractivity contribution in [3.63, 3.8) is 0 Å². The van der Waals surface area contributed by atoms with Gasteiger partial charge in [0.1, 0.15) is 5.75 Å². The summed E-state index contributed by atoms with van der Waals surface area (Å²) in [6.45, 7) is 1.99. The Hall–Kier alpha value is -1.90. The second kappa shape index (κ2) is 3.59. The molecule has 0 fully saturated rings. The molecule has 1 aliphatic rings. The SMILES string of the molecule is Oc1ccc2[nH]cc(N3CC=CCC3)c2c1. The van der Waals surface area contributed by atoms with Crippen molar-refractivity contribution >= 4 is 16.6 Å². The van der Waals surface area contributed by atoms with Crippen LogP contribution in [0.4, 0.5) is 5.69 Å². The van der Waals surface area contributed by atoms with E-state index in [2.05, 4.69) is 22.0 Å². The van der Waals surface area contributed by atoms with Gasteiger partial charge in [0.15, 0.2) is 0 Å². The zero-order valence-electron chi connectivity index (χ0n) is 8.98. The topological polar surface area (TPSA) is 39.3 Å². The number of anilines is 1. The number of rotatable bonds is 1. The summed E-state index contributed by atoms with van der Waals surface area (Å²) in [5.74, 6) is 0.320. The van der Waals surface area contributed by atoms with Gasteiger partial charge in [-0.3, -0.25) is 0 Å². The fourth-order valence-corrected chi connectivity index (χ4v) is 2.22. The maximum atomic E-state index is 9.53. The van der Waals surface area contributed by atoms with Gasteiger partial charge in [-0.15, -0.1) is 0 Å². The van der Waals surface area contributed by atoms with Crippen LogP contribution < -0.4 is 4.90 Å². The third-order valence-electron chi connectivity index (χ3n) is 3.04. The van der Waals surface area contributed by atoms with Crippen molar-refractivity contribution in [2.24, 2.45) is 0 Å². The molecule has 0 amide bonds. The van der Waals surface area contributed by atoms with Gasteiger partial charge >= 0.3 is 0 Å². The number of phenols is 1. The van der Waals surface area contributed by atoms with E-state index in [1.54, 1.807) is 6.07 Å². The largest absolute Gasteiger partial charge is 0.508 e. The first-order valence-corrected chi connectivity index (χ1v) is 5.54. The first-order chi connectivity index (χ1) is 7.84. The molecule has 1 aromatic heterocycles. The van der Waals surface area contributed by atoms with Crippen LogP contribution in [0.5, 0.6) is 5.75 Å². The molecule has 16 heavy (non-hydrogen) atoms. The number of hydrogen-bond acceptors (Lipinski definition) is 2. The van der Waals surface area contributed by atoms with Gasteiger partial charge in [0.2, 0.25) is 0 Å². The van der Waals surface area contributed by atoms with Crippen LogP contribution in [-0.2, 0) is 0 Å². The number of nitrogens with zero attached hydrogens (tertiary/aromatic N) is 1. The van der Waals surface area contributed by atoms with Crippen molar-refractivity contribution < 1.29 is 5.11 Å². The second-order valence-corrected chi connectivity index (χ2v) is 4.11. The second-order valence-electron chi connectivity index (χ2n) is 4.11. The number of phenolic OH excluding ortho intramolecular Hbond substituents is 1. The molecule has 2 aromatic rings. The number of aromatic hydroxyl groups is 1. The van der Waals surface area contributed by atoms with Gasteiger partial charge < -0.3 is 15.0 Å². The highest BCUT2D eigenvalue weighted by Crippen LogP contribution is 2.30. The minimum atomic E-state index is 0.320. The summed E-state index contributed by atoms with van der Waals surface area (Å²) in [5.41, 5.74) is 2.25. The zero-order chi connectivity index (χ0) is 11.0. The van der Waals surface area contributed by atoms with E-state index in [0.29, 0.717) is 5.75 Å². The molecule has 3 nitrogen and oxygen atoms in total. The molecule has 0 spiro atoms. The molecule has 0 radical (unpaired) electrons. The number of hydrogen-bond donors (Lipinski definition) is 2. The van der Waals surface area contributed by atoms with Crippen molar-refractivity contribution in [1.82, 2.24) is 4.98 Å². The van der Waals surface area contributed by atoms with Crippen LogP contribution in [-0.4, -0.2) is 23.2 Å². The van der Waals surface area contributed by atoms with Crippen LogP contribution in [0.15, 0.2) is 36.5 Å². The molecule has 2 heterocycles. The van der Waals surface area contributed by atoms with E-state index in [4.69, 9.17) is 0 Å². The van der Waals surface area contributed by atoms with Crippen molar-refractivity contribution in [2.75, 3.05) is 18.0 Å². The summed E-state index contributed by atoms with van der Waals surface area (Å²) < 4.78 is 0. The predicted octanol–water partition coefficient (Wildman–Crippen LogP) is 2.64. The molecule has 0 unspecified atom stereocenters. The smallest absolute Gasteiger partial charge is 0.116 e. The van der Waals surface area contributed by atoms with E-state index < -0.39 is 0 Å². The molecule has 0 aliphatic carbocycles. The lowest BCUT2D eigenvalue weighted by molar-refractivity contribution is 0.476. The van der Waals surface area contributed by atoms with Gasteiger partial charge in [0.05, 0.1) is 5.69 Å². The van der Waals surface area contributed by atoms with E-state index in [1.807, 2.05) is 18.3 Å². The van der Waals surface area contributed by atoms with Crippen LogP contribution >= 0.6 is 0 Å². The molecular formula is C13H14N2O. The highest BCUT2D eigenvalue weighted by molar-refractivity contribution is 5.93. The van der Waals surface area contributed by atoms with Gasteiger partial charge in [-0.05, 0) is 24.6 Å². The lowest BCUT2D eigenvalue weighted by atomic mass is 10.2. The van der Waals surface area contributed by atoms with E-state index >= 15 is 0 Å². The molecular weight excluding hydrogens is 200 g/mol. The molecule has 82 valence electrons. The molecule has 3 heteroatoms. The Morgan fingerprint density at radius 1 is 1.25 bits per heavy atom. The van der Waals surface area contributed by atoms with Crippen LogP contribution in [0.25, 0.3) is 10.9 Å².